The molecule has 4 aromatic heterocycles. The van der Waals surface area contributed by atoms with Crippen molar-refractivity contribution in [3.8, 4) is 114 Å². The van der Waals surface area contributed by atoms with Crippen molar-refractivity contribution in [1.29, 1.82) is 0 Å². The van der Waals surface area contributed by atoms with E-state index >= 15 is 0 Å². The number of carbonyl (C=O) groups excluding carboxylic acids is 4. The lowest BCUT2D eigenvalue weighted by atomic mass is 9.80. The predicted molar refractivity (Wildman–Crippen MR) is 499 cm³/mol. The van der Waals surface area contributed by atoms with Gasteiger partial charge in [-0.05, 0) is 212 Å². The van der Waals surface area contributed by atoms with Gasteiger partial charge >= 0.3 is 0 Å². The summed E-state index contributed by atoms with van der Waals surface area (Å²) in [6.07, 6.45) is 8.82. The Morgan fingerprint density at radius 2 is 0.642 bits per heavy atom. The van der Waals surface area contributed by atoms with E-state index in [1.54, 1.807) is 80.3 Å². The zero-order valence-electron chi connectivity index (χ0n) is 75.8. The number of nitrogens with zero attached hydrogens (tertiary/aromatic N) is 14. The van der Waals surface area contributed by atoms with Gasteiger partial charge in [-0.15, -0.1) is 0 Å². The van der Waals surface area contributed by atoms with Crippen molar-refractivity contribution < 1.29 is 76.6 Å². The highest BCUT2D eigenvalue weighted by molar-refractivity contribution is 6.32. The van der Waals surface area contributed by atoms with Crippen molar-refractivity contribution in [1.82, 2.24) is 60.2 Å². The van der Waals surface area contributed by atoms with Gasteiger partial charge < -0.3 is 77.1 Å². The van der Waals surface area contributed by atoms with E-state index in [-0.39, 0.29) is 108 Å². The van der Waals surface area contributed by atoms with Gasteiger partial charge in [-0.3, -0.25) is 19.2 Å². The second-order valence-corrected chi connectivity index (χ2v) is 37.4. The van der Waals surface area contributed by atoms with Crippen LogP contribution in [-0.2, 0) is 66.5 Å². The van der Waals surface area contributed by atoms with Crippen LogP contribution in [0.3, 0.4) is 0 Å². The first-order chi connectivity index (χ1) is 64.7. The van der Waals surface area contributed by atoms with Gasteiger partial charge in [-0.25, -0.2) is 9.69 Å². The first-order valence-corrected chi connectivity index (χ1v) is 46.1. The third-order valence-corrected chi connectivity index (χ3v) is 27.0. The number of hydrogen-bond donors (Lipinski definition) is 4. The minimum absolute atomic E-state index is 0.00814. The minimum Gasteiger partial charge on any atom is -0.492 e. The van der Waals surface area contributed by atoms with Gasteiger partial charge in [0.15, 0.2) is 0 Å². The van der Waals surface area contributed by atoms with Crippen LogP contribution in [-0.4, -0.2) is 207 Å². The molecule has 4 aliphatic heterocycles. The summed E-state index contributed by atoms with van der Waals surface area (Å²) in [6.45, 7) is 34.6. The fourth-order valence-electron chi connectivity index (χ4n) is 20.6. The summed E-state index contributed by atoms with van der Waals surface area (Å²) in [7, 11) is 0. The van der Waals surface area contributed by atoms with Crippen molar-refractivity contribution in [3.05, 3.63) is 223 Å². The molecule has 32 heteroatoms. The molecule has 4 amide bonds. The molecule has 8 aromatic carbocycles. The normalized spacial score (nSPS) is 19.4. The maximum Gasteiger partial charge on any atom is 0.258 e. The van der Waals surface area contributed by atoms with Crippen LogP contribution in [0.5, 0.6) is 23.0 Å². The fraction of sp³-hybridized carbons (Fsp3) is 0.392. The molecule has 134 heavy (non-hydrogen) atoms. The molecule has 4 spiro atoms. The standard InChI is InChI=1S/2C26H26N4O4.2C25H26ClN3O4/c2*1-16(2)33-17-7-8-20(22(13-17)27-3)25-28-24(29-34-25)19-5-4-6-21-18(19)9-10-26(21)14-23(32)30(15-26)11-12-31;2*1-15(2)32-21-7-6-16(12-20(21)26)24-27-23(28-33-24)18-4-3-5-19-17(18)8-9-25(19)13-22(31)29(14-25)10-11-30/h2*4-8,13,16,31H,9-12,14-15H2,1-2H3;2*3-7,12,15,30H,8-11,13-14H2,1-2H3/t2*26-;2*25-/m1010/s1. The molecule has 0 saturated carbocycles. The number of hydrogen-bond acceptors (Lipinski definition) is 24. The Morgan fingerprint density at radius 3 is 0.903 bits per heavy atom. The molecule has 8 aliphatic rings. The summed E-state index contributed by atoms with van der Waals surface area (Å²) in [4.78, 5) is 82.9. The quantitative estimate of drug-likeness (QED) is 0.0408. The molecule has 4 aliphatic carbocycles. The summed E-state index contributed by atoms with van der Waals surface area (Å²) >= 11 is 12.8. The zero-order chi connectivity index (χ0) is 94.1. The molecule has 692 valence electrons. The van der Waals surface area contributed by atoms with Crippen LogP contribution in [0.2, 0.25) is 10.0 Å². The monoisotopic (exact) mass is 1850 g/mol. The van der Waals surface area contributed by atoms with Crippen molar-refractivity contribution in [2.24, 2.45) is 0 Å². The number of aliphatic hydroxyl groups excluding tert-OH is 4. The highest BCUT2D eigenvalue weighted by Gasteiger charge is 2.53. The maximum atomic E-state index is 12.5. The number of aliphatic hydroxyl groups is 4. The van der Waals surface area contributed by atoms with Crippen LogP contribution in [0.15, 0.2) is 164 Å². The Morgan fingerprint density at radius 1 is 0.366 bits per heavy atom. The van der Waals surface area contributed by atoms with Crippen LogP contribution in [0, 0.1) is 13.1 Å². The molecule has 0 bridgehead atoms. The van der Waals surface area contributed by atoms with E-state index in [4.69, 9.17) is 73.4 Å². The number of rotatable bonds is 24. The Balaban J connectivity index is 0.000000124. The Hall–Kier alpha value is -13.2. The molecule has 4 saturated heterocycles. The SMILES string of the molecule is CC(C)Oc1ccc(-c2nc(-c3cccc4c3CC[C@@]43CC(=O)N(CCO)C3)no2)cc1Cl.CC(C)Oc1ccc(-c2nc(-c3cccc4c3CC[C@]43CC(=O)N(CCO)C3)no2)cc1Cl.[C-]#[N+]c1cc(OC(C)C)ccc1-c1nc(-c2cccc3c2CC[C@@]32CC(=O)N(CCO)C2)no1.[C-]#[N+]c1cc(OC(C)C)ccc1-c1nc(-c2cccc3c2CC[C@]32CC(=O)N(CCO)C2)no1. The summed E-state index contributed by atoms with van der Waals surface area (Å²) in [5.41, 5.74) is 15.4. The van der Waals surface area contributed by atoms with Gasteiger partial charge in [-0.2, -0.15) is 19.9 Å². The van der Waals surface area contributed by atoms with Gasteiger partial charge in [0.1, 0.15) is 23.0 Å². The second kappa shape index (κ2) is 38.8. The van der Waals surface area contributed by atoms with E-state index < -0.39 is 0 Å². The number of aromatic nitrogens is 8. The molecule has 12 aromatic rings. The van der Waals surface area contributed by atoms with E-state index in [1.807, 2.05) is 116 Å². The van der Waals surface area contributed by atoms with E-state index in [1.165, 1.54) is 22.3 Å². The topological polar surface area (TPSA) is 363 Å². The number of carbonyl (C=O) groups is 4. The third kappa shape index (κ3) is 18.5. The van der Waals surface area contributed by atoms with Gasteiger partial charge in [0.25, 0.3) is 11.8 Å². The number of benzene rings is 8. The summed E-state index contributed by atoms with van der Waals surface area (Å²) < 4.78 is 45.1. The van der Waals surface area contributed by atoms with Crippen molar-refractivity contribution in [2.45, 2.75) is 179 Å². The number of ether oxygens (including phenoxy) is 4. The van der Waals surface area contributed by atoms with Gasteiger partial charge in [-0.1, -0.05) is 129 Å². The van der Waals surface area contributed by atoms with E-state index in [0.29, 0.717) is 169 Å². The highest BCUT2D eigenvalue weighted by atomic mass is 35.5. The largest absolute Gasteiger partial charge is 0.492 e. The summed E-state index contributed by atoms with van der Waals surface area (Å²) in [5, 5.41) is 55.1. The lowest BCUT2D eigenvalue weighted by molar-refractivity contribution is -0.128. The summed E-state index contributed by atoms with van der Waals surface area (Å²) in [6, 6.07) is 45.6. The van der Waals surface area contributed by atoms with Crippen LogP contribution >= 0.6 is 23.2 Å². The molecule has 4 fully saturated rings. The molecule has 0 radical (unpaired) electrons. The average molecular weight is 1850 g/mol. The van der Waals surface area contributed by atoms with Crippen LogP contribution in [0.25, 0.3) is 101 Å². The van der Waals surface area contributed by atoms with Gasteiger partial charge in [0.2, 0.25) is 70.1 Å². The van der Waals surface area contributed by atoms with Crippen LogP contribution in [0.1, 0.15) is 151 Å². The smallest absolute Gasteiger partial charge is 0.258 e. The van der Waals surface area contributed by atoms with Crippen LogP contribution < -0.4 is 18.9 Å². The Kier molecular flexibility index (Phi) is 26.8. The van der Waals surface area contributed by atoms with Gasteiger partial charge in [0, 0.05) is 144 Å². The average Bonchev–Trinajstić information content (AvgIpc) is 1.59. The van der Waals surface area contributed by atoms with Crippen LogP contribution in [0.4, 0.5) is 11.4 Å². The second-order valence-electron chi connectivity index (χ2n) is 36.5. The minimum atomic E-state index is -0.228. The third-order valence-electron chi connectivity index (χ3n) is 26.4. The summed E-state index contributed by atoms with van der Waals surface area (Å²) in [5.74, 6) is 6.19. The number of fused-ring (bicyclic) bond motifs is 8. The molecule has 8 heterocycles. The van der Waals surface area contributed by atoms with E-state index in [2.05, 4.69) is 74.5 Å². The molecule has 4 atom stereocenters. The van der Waals surface area contributed by atoms with Crippen molar-refractivity contribution in [2.75, 3.05) is 78.8 Å². The molecule has 0 unspecified atom stereocenters. The van der Waals surface area contributed by atoms with E-state index in [9.17, 15) is 39.6 Å². The fourth-order valence-corrected chi connectivity index (χ4v) is 21.0. The maximum absolute atomic E-state index is 12.5. The van der Waals surface area contributed by atoms with Crippen molar-refractivity contribution in [3.63, 3.8) is 0 Å². The van der Waals surface area contributed by atoms with E-state index in [0.717, 1.165) is 107 Å². The number of halogens is 2. The molecule has 4 N–H and O–H groups in total. The number of β-amino-alcohol motifs (C(OH)–C–C–N with tert-alkyl or cyclic N) is 4. The Labute approximate surface area is 785 Å². The number of amides is 4. The predicted octanol–water partition coefficient (Wildman–Crippen LogP) is 16.8. The molecular formula is C102H104Cl2N14O16. The lowest BCUT2D eigenvalue weighted by Gasteiger charge is -2.24. The first-order valence-electron chi connectivity index (χ1n) is 45.4. The van der Waals surface area contributed by atoms with Gasteiger partial charge in [0.05, 0.1) is 74.0 Å². The Bertz CT molecular complexity index is 6160. The first kappa shape index (κ1) is 92.6. The molecule has 20 rings (SSSR count). The molecule has 30 nitrogen and oxygen atoms in total. The molecular weight excluding hydrogens is 1750 g/mol. The highest BCUT2D eigenvalue weighted by Crippen LogP contribution is 2.54. The zero-order valence-corrected chi connectivity index (χ0v) is 77.4. The van der Waals surface area contributed by atoms with Crippen molar-refractivity contribution >= 4 is 58.2 Å². The number of likely N-dealkylation sites (tertiary alicyclic amines) is 4. The lowest BCUT2D eigenvalue weighted by Crippen LogP contribution is -2.32.